The second-order valence-corrected chi connectivity index (χ2v) is 11.8. The number of anilines is 1. The quantitative estimate of drug-likeness (QED) is 0.350. The van der Waals surface area contributed by atoms with Gasteiger partial charge in [-0.2, -0.15) is 0 Å². The molecular formula is C26H34BrN3O6S. The van der Waals surface area contributed by atoms with Crippen molar-refractivity contribution in [3.8, 4) is 11.5 Å². The highest BCUT2D eigenvalue weighted by molar-refractivity contribution is 9.10. The summed E-state index contributed by atoms with van der Waals surface area (Å²) in [6.45, 7) is 4.78. The maximum absolute atomic E-state index is 13.3. The summed E-state index contributed by atoms with van der Waals surface area (Å²) in [6.07, 6.45) is 3.31. The van der Waals surface area contributed by atoms with Gasteiger partial charge in [0, 0.05) is 36.6 Å². The molecule has 0 aliphatic carbocycles. The van der Waals surface area contributed by atoms with Crippen LogP contribution in [0.25, 0.3) is 0 Å². The molecule has 2 amide bonds. The number of ether oxygens (including phenoxy) is 2. The molecule has 0 radical (unpaired) electrons. The Morgan fingerprint density at radius 3 is 2.46 bits per heavy atom. The van der Waals surface area contributed by atoms with E-state index >= 15 is 0 Å². The Morgan fingerprint density at radius 2 is 1.78 bits per heavy atom. The van der Waals surface area contributed by atoms with Crippen LogP contribution in [0.2, 0.25) is 0 Å². The van der Waals surface area contributed by atoms with Gasteiger partial charge in [0.2, 0.25) is 28.6 Å². The van der Waals surface area contributed by atoms with Crippen molar-refractivity contribution in [2.45, 2.75) is 52.1 Å². The highest BCUT2D eigenvalue weighted by Crippen LogP contribution is 2.36. The molecule has 37 heavy (non-hydrogen) atoms. The predicted molar refractivity (Wildman–Crippen MR) is 146 cm³/mol. The van der Waals surface area contributed by atoms with Crippen LogP contribution in [0.1, 0.15) is 45.1 Å². The average molecular weight is 597 g/mol. The van der Waals surface area contributed by atoms with Gasteiger partial charge in [-0.3, -0.25) is 13.9 Å². The zero-order chi connectivity index (χ0) is 27.0. The Balaban J connectivity index is 1.70. The number of benzene rings is 2. The standard InChI is InChI=1S/C26H34BrN3O6S/c1-4-5-14-28-26(32)19(2)29(17-20-8-10-21(27)11-9-20)25(31)7-6-15-30(37(3,33)34)22-12-13-23-24(16-22)36-18-35-23/h8-13,16,19H,4-7,14-15,17-18H2,1-3H3,(H,28,32)/t19-/m1/s1. The third-order valence-corrected chi connectivity index (χ3v) is 7.78. The van der Waals surface area contributed by atoms with Crippen molar-refractivity contribution >= 4 is 43.5 Å². The van der Waals surface area contributed by atoms with Crippen molar-refractivity contribution in [1.29, 1.82) is 0 Å². The fourth-order valence-corrected chi connectivity index (χ4v) is 5.17. The van der Waals surface area contributed by atoms with Crippen molar-refractivity contribution in [3.05, 3.63) is 52.5 Å². The molecule has 0 fully saturated rings. The Hall–Kier alpha value is -2.79. The van der Waals surface area contributed by atoms with Crippen molar-refractivity contribution in [2.24, 2.45) is 0 Å². The molecule has 1 heterocycles. The third-order valence-electron chi connectivity index (χ3n) is 6.06. The number of halogens is 1. The summed E-state index contributed by atoms with van der Waals surface area (Å²) in [4.78, 5) is 27.7. The number of hydrogen-bond acceptors (Lipinski definition) is 6. The van der Waals surface area contributed by atoms with Crippen LogP contribution < -0.4 is 19.1 Å². The van der Waals surface area contributed by atoms with E-state index in [0.717, 1.165) is 29.1 Å². The molecule has 1 N–H and O–H groups in total. The lowest BCUT2D eigenvalue weighted by atomic mass is 10.1. The first-order chi connectivity index (χ1) is 17.6. The number of amides is 2. The maximum Gasteiger partial charge on any atom is 0.242 e. The van der Waals surface area contributed by atoms with E-state index < -0.39 is 16.1 Å². The zero-order valence-corrected chi connectivity index (χ0v) is 23.8. The van der Waals surface area contributed by atoms with E-state index in [9.17, 15) is 18.0 Å². The van der Waals surface area contributed by atoms with Gasteiger partial charge < -0.3 is 19.7 Å². The van der Waals surface area contributed by atoms with Gasteiger partial charge in [-0.25, -0.2) is 8.42 Å². The molecule has 0 bridgehead atoms. The highest BCUT2D eigenvalue weighted by atomic mass is 79.9. The molecule has 1 aliphatic rings. The molecule has 0 unspecified atom stereocenters. The van der Waals surface area contributed by atoms with E-state index in [1.165, 1.54) is 4.31 Å². The molecule has 0 saturated carbocycles. The first-order valence-electron chi connectivity index (χ1n) is 12.3. The summed E-state index contributed by atoms with van der Waals surface area (Å²) in [7, 11) is -3.61. The van der Waals surface area contributed by atoms with Gasteiger partial charge in [-0.15, -0.1) is 0 Å². The molecule has 202 valence electrons. The number of hydrogen-bond donors (Lipinski definition) is 1. The molecular weight excluding hydrogens is 562 g/mol. The van der Waals surface area contributed by atoms with E-state index in [1.54, 1.807) is 30.0 Å². The lowest BCUT2D eigenvalue weighted by Crippen LogP contribution is -2.47. The largest absolute Gasteiger partial charge is 0.454 e. The first-order valence-corrected chi connectivity index (χ1v) is 14.9. The molecule has 1 aliphatic heterocycles. The summed E-state index contributed by atoms with van der Waals surface area (Å²) in [5.41, 5.74) is 1.33. The van der Waals surface area contributed by atoms with Crippen LogP contribution in [0.15, 0.2) is 46.9 Å². The van der Waals surface area contributed by atoms with Crippen LogP contribution >= 0.6 is 15.9 Å². The summed E-state index contributed by atoms with van der Waals surface area (Å²) in [5, 5.41) is 2.90. The Labute approximate surface area is 227 Å². The van der Waals surface area contributed by atoms with Crippen LogP contribution in [0, 0.1) is 0 Å². The molecule has 2 aromatic rings. The predicted octanol–water partition coefficient (Wildman–Crippen LogP) is 4.06. The molecule has 0 saturated heterocycles. The van der Waals surface area contributed by atoms with Gasteiger partial charge in [0.15, 0.2) is 11.5 Å². The van der Waals surface area contributed by atoms with E-state index in [-0.39, 0.29) is 44.5 Å². The van der Waals surface area contributed by atoms with Crippen LogP contribution in [0.4, 0.5) is 5.69 Å². The number of rotatable bonds is 13. The number of carbonyl (C=O) groups excluding carboxylic acids is 2. The Bertz CT molecular complexity index is 1190. The number of nitrogens with zero attached hydrogens (tertiary/aromatic N) is 2. The molecule has 0 spiro atoms. The molecule has 3 rings (SSSR count). The Morgan fingerprint density at radius 1 is 1.08 bits per heavy atom. The van der Waals surface area contributed by atoms with Crippen molar-refractivity contribution < 1.29 is 27.5 Å². The minimum Gasteiger partial charge on any atom is -0.454 e. The van der Waals surface area contributed by atoms with Crippen molar-refractivity contribution in [1.82, 2.24) is 10.2 Å². The summed E-state index contributed by atoms with van der Waals surface area (Å²) in [6, 6.07) is 11.8. The SMILES string of the molecule is CCCCNC(=O)[C@@H](C)N(Cc1ccc(Br)cc1)C(=O)CCCN(c1ccc2c(c1)OCO2)S(C)(=O)=O. The summed E-state index contributed by atoms with van der Waals surface area (Å²) >= 11 is 3.41. The fraction of sp³-hybridized carbons (Fsp3) is 0.462. The molecule has 0 aromatic heterocycles. The van der Waals surface area contributed by atoms with Crippen molar-refractivity contribution in [2.75, 3.05) is 30.4 Å². The van der Waals surface area contributed by atoms with E-state index in [2.05, 4.69) is 21.2 Å². The Kier molecular flexibility index (Phi) is 10.2. The lowest BCUT2D eigenvalue weighted by Gasteiger charge is -2.29. The molecule has 9 nitrogen and oxygen atoms in total. The minimum absolute atomic E-state index is 0.0830. The number of nitrogens with one attached hydrogen (secondary N) is 1. The van der Waals surface area contributed by atoms with Gasteiger partial charge in [0.05, 0.1) is 11.9 Å². The fourth-order valence-electron chi connectivity index (χ4n) is 3.95. The normalized spacial score (nSPS) is 13.2. The second kappa shape index (κ2) is 13.1. The smallest absolute Gasteiger partial charge is 0.242 e. The number of fused-ring (bicyclic) bond motifs is 1. The zero-order valence-electron chi connectivity index (χ0n) is 21.4. The average Bonchev–Trinajstić information content (AvgIpc) is 3.33. The topological polar surface area (TPSA) is 105 Å². The minimum atomic E-state index is -3.61. The summed E-state index contributed by atoms with van der Waals surface area (Å²) in [5.74, 6) is 0.602. The monoisotopic (exact) mass is 595 g/mol. The van der Waals surface area contributed by atoms with Gasteiger partial charge in [0.1, 0.15) is 6.04 Å². The first kappa shape index (κ1) is 28.8. The van der Waals surface area contributed by atoms with Crippen LogP contribution in [-0.2, 0) is 26.2 Å². The molecule has 1 atom stereocenters. The van der Waals surface area contributed by atoms with Gasteiger partial charge in [0.25, 0.3) is 0 Å². The summed E-state index contributed by atoms with van der Waals surface area (Å²) < 4.78 is 37.9. The number of unbranched alkanes of at least 4 members (excludes halogenated alkanes) is 1. The van der Waals surface area contributed by atoms with Crippen LogP contribution in [0.5, 0.6) is 11.5 Å². The highest BCUT2D eigenvalue weighted by Gasteiger charge is 2.27. The van der Waals surface area contributed by atoms with E-state index in [4.69, 9.17) is 9.47 Å². The number of carbonyl (C=O) groups is 2. The van der Waals surface area contributed by atoms with Gasteiger partial charge in [-0.1, -0.05) is 41.4 Å². The molecule has 11 heteroatoms. The third kappa shape index (κ3) is 8.10. The van der Waals surface area contributed by atoms with E-state index in [0.29, 0.717) is 23.7 Å². The molecule has 2 aromatic carbocycles. The van der Waals surface area contributed by atoms with Crippen LogP contribution in [0.3, 0.4) is 0 Å². The number of sulfonamides is 1. The van der Waals surface area contributed by atoms with Crippen LogP contribution in [-0.4, -0.2) is 57.3 Å². The van der Waals surface area contributed by atoms with E-state index in [1.807, 2.05) is 31.2 Å². The van der Waals surface area contributed by atoms with Gasteiger partial charge in [-0.05, 0) is 49.6 Å². The van der Waals surface area contributed by atoms with Crippen molar-refractivity contribution in [3.63, 3.8) is 0 Å². The lowest BCUT2D eigenvalue weighted by molar-refractivity contribution is -0.140. The maximum atomic E-state index is 13.3. The van der Waals surface area contributed by atoms with Gasteiger partial charge >= 0.3 is 0 Å². The second-order valence-electron chi connectivity index (χ2n) is 8.94.